The van der Waals surface area contributed by atoms with E-state index in [1.54, 1.807) is 12.5 Å². The van der Waals surface area contributed by atoms with Crippen LogP contribution in [0.15, 0.2) is 47.2 Å². The van der Waals surface area contributed by atoms with E-state index in [-0.39, 0.29) is 11.8 Å². The number of hydrogen-bond acceptors (Lipinski definition) is 3. The van der Waals surface area contributed by atoms with Crippen LogP contribution >= 0.6 is 0 Å². The molecule has 1 fully saturated rings. The largest absolute Gasteiger partial charge is 0.467 e. The minimum atomic E-state index is 0.189. The molecule has 2 heterocycles. The Balaban J connectivity index is 1.73. The van der Waals surface area contributed by atoms with Gasteiger partial charge in [-0.3, -0.25) is 9.78 Å². The Kier molecular flexibility index (Phi) is 3.81. The van der Waals surface area contributed by atoms with Gasteiger partial charge >= 0.3 is 0 Å². The number of rotatable bonds is 5. The number of hydrogen-bond donors (Lipinski definition) is 0. The lowest BCUT2D eigenvalue weighted by Gasteiger charge is -2.31. The Bertz CT molecular complexity index is 547. The molecular formula is C16H18N2O2. The molecule has 1 aliphatic rings. The van der Waals surface area contributed by atoms with Gasteiger partial charge in [0.1, 0.15) is 5.76 Å². The van der Waals surface area contributed by atoms with E-state index in [9.17, 15) is 4.79 Å². The van der Waals surface area contributed by atoms with E-state index in [2.05, 4.69) is 4.98 Å². The Labute approximate surface area is 118 Å². The van der Waals surface area contributed by atoms with Crippen molar-refractivity contribution in [2.75, 3.05) is 0 Å². The summed E-state index contributed by atoms with van der Waals surface area (Å²) < 4.78 is 5.37. The van der Waals surface area contributed by atoms with Crippen LogP contribution in [0.25, 0.3) is 0 Å². The first-order valence-corrected chi connectivity index (χ1v) is 7.04. The van der Waals surface area contributed by atoms with E-state index < -0.39 is 0 Å². The average molecular weight is 270 g/mol. The summed E-state index contributed by atoms with van der Waals surface area (Å²) in [7, 11) is 0. The Morgan fingerprint density at radius 1 is 1.25 bits per heavy atom. The lowest BCUT2D eigenvalue weighted by atomic mass is 9.84. The molecular weight excluding hydrogens is 252 g/mol. The molecule has 0 spiro atoms. The third-order valence-corrected chi connectivity index (χ3v) is 3.77. The molecule has 1 saturated carbocycles. The standard InChI is InChI=1S/C16H18N2O2/c19-16(13-5-3-6-13)18(12-15-8-4-10-20-15)11-14-7-1-2-9-17-14/h1-2,4,7-10,13H,3,5-6,11-12H2. The van der Waals surface area contributed by atoms with Crippen molar-refractivity contribution in [3.8, 4) is 0 Å². The van der Waals surface area contributed by atoms with E-state index in [1.165, 1.54) is 0 Å². The molecule has 0 bridgehead atoms. The zero-order valence-electron chi connectivity index (χ0n) is 11.4. The second kappa shape index (κ2) is 5.90. The molecule has 3 rings (SSSR count). The number of carbonyl (C=O) groups is 1. The number of amides is 1. The van der Waals surface area contributed by atoms with Gasteiger partial charge < -0.3 is 9.32 Å². The molecule has 20 heavy (non-hydrogen) atoms. The second-order valence-electron chi connectivity index (χ2n) is 5.22. The molecule has 0 radical (unpaired) electrons. The van der Waals surface area contributed by atoms with Crippen molar-refractivity contribution in [2.24, 2.45) is 5.92 Å². The van der Waals surface area contributed by atoms with Gasteiger partial charge in [0.25, 0.3) is 0 Å². The van der Waals surface area contributed by atoms with E-state index in [4.69, 9.17) is 4.42 Å². The van der Waals surface area contributed by atoms with Crippen LogP contribution in [0.3, 0.4) is 0 Å². The topological polar surface area (TPSA) is 46.3 Å². The maximum Gasteiger partial charge on any atom is 0.226 e. The zero-order chi connectivity index (χ0) is 13.8. The molecule has 0 unspecified atom stereocenters. The number of aromatic nitrogens is 1. The van der Waals surface area contributed by atoms with Crippen molar-refractivity contribution in [1.29, 1.82) is 0 Å². The molecule has 1 amide bonds. The molecule has 2 aromatic heterocycles. The molecule has 2 aromatic rings. The van der Waals surface area contributed by atoms with Crippen molar-refractivity contribution >= 4 is 5.91 Å². The van der Waals surface area contributed by atoms with Crippen molar-refractivity contribution in [3.05, 3.63) is 54.2 Å². The van der Waals surface area contributed by atoms with Gasteiger partial charge in [-0.15, -0.1) is 0 Å². The van der Waals surface area contributed by atoms with Crippen LogP contribution in [0.2, 0.25) is 0 Å². The molecule has 104 valence electrons. The van der Waals surface area contributed by atoms with Crippen LogP contribution in [0.5, 0.6) is 0 Å². The van der Waals surface area contributed by atoms with Crippen molar-refractivity contribution in [2.45, 2.75) is 32.4 Å². The number of furan rings is 1. The van der Waals surface area contributed by atoms with Gasteiger partial charge in [0.2, 0.25) is 5.91 Å². The van der Waals surface area contributed by atoms with Gasteiger partial charge in [-0.1, -0.05) is 12.5 Å². The summed E-state index contributed by atoms with van der Waals surface area (Å²) in [4.78, 5) is 18.7. The molecule has 4 heteroatoms. The highest BCUT2D eigenvalue weighted by Crippen LogP contribution is 2.29. The highest BCUT2D eigenvalue weighted by atomic mass is 16.3. The van der Waals surface area contributed by atoms with E-state index in [0.29, 0.717) is 13.1 Å². The van der Waals surface area contributed by atoms with Gasteiger partial charge in [0.05, 0.1) is 25.0 Å². The minimum absolute atomic E-state index is 0.189. The first-order chi connectivity index (χ1) is 9.83. The fraction of sp³-hybridized carbons (Fsp3) is 0.375. The number of nitrogens with zero attached hydrogens (tertiary/aromatic N) is 2. The van der Waals surface area contributed by atoms with Gasteiger partial charge in [-0.05, 0) is 37.1 Å². The fourth-order valence-corrected chi connectivity index (χ4v) is 2.40. The second-order valence-corrected chi connectivity index (χ2v) is 5.22. The van der Waals surface area contributed by atoms with Crippen LogP contribution in [-0.4, -0.2) is 15.8 Å². The summed E-state index contributed by atoms with van der Waals surface area (Å²) in [5.41, 5.74) is 0.909. The summed E-state index contributed by atoms with van der Waals surface area (Å²) in [5, 5.41) is 0. The van der Waals surface area contributed by atoms with Crippen LogP contribution in [0, 0.1) is 5.92 Å². The quantitative estimate of drug-likeness (QED) is 0.839. The molecule has 0 atom stereocenters. The maximum absolute atomic E-state index is 12.5. The van der Waals surface area contributed by atoms with Crippen molar-refractivity contribution in [3.63, 3.8) is 0 Å². The molecule has 4 nitrogen and oxygen atoms in total. The number of carbonyl (C=O) groups excluding carboxylic acids is 1. The molecule has 0 aromatic carbocycles. The molecule has 0 saturated heterocycles. The first-order valence-electron chi connectivity index (χ1n) is 7.04. The monoisotopic (exact) mass is 270 g/mol. The predicted octanol–water partition coefficient (Wildman–Crippen LogP) is 3.00. The molecule has 0 N–H and O–H groups in total. The van der Waals surface area contributed by atoms with Gasteiger partial charge in [0.15, 0.2) is 0 Å². The third kappa shape index (κ3) is 2.90. The van der Waals surface area contributed by atoms with E-state index >= 15 is 0 Å². The smallest absolute Gasteiger partial charge is 0.226 e. The summed E-state index contributed by atoms with van der Waals surface area (Å²) >= 11 is 0. The van der Waals surface area contributed by atoms with Crippen LogP contribution in [0.1, 0.15) is 30.7 Å². The minimum Gasteiger partial charge on any atom is -0.467 e. The number of pyridine rings is 1. The SMILES string of the molecule is O=C(C1CCC1)N(Cc1ccccn1)Cc1ccco1. The Morgan fingerprint density at radius 3 is 2.75 bits per heavy atom. The van der Waals surface area contributed by atoms with Crippen LogP contribution in [-0.2, 0) is 17.9 Å². The summed E-state index contributed by atoms with van der Waals surface area (Å²) in [6.45, 7) is 1.05. The third-order valence-electron chi connectivity index (χ3n) is 3.77. The summed E-state index contributed by atoms with van der Waals surface area (Å²) in [5.74, 6) is 1.22. The van der Waals surface area contributed by atoms with Gasteiger partial charge in [-0.2, -0.15) is 0 Å². The normalized spacial score (nSPS) is 14.8. The molecule has 1 aliphatic carbocycles. The van der Waals surface area contributed by atoms with E-state index in [1.807, 2.05) is 35.2 Å². The van der Waals surface area contributed by atoms with Gasteiger partial charge in [0, 0.05) is 12.1 Å². The highest BCUT2D eigenvalue weighted by Gasteiger charge is 2.30. The van der Waals surface area contributed by atoms with E-state index in [0.717, 1.165) is 30.7 Å². The molecule has 0 aliphatic heterocycles. The maximum atomic E-state index is 12.5. The lowest BCUT2D eigenvalue weighted by Crippen LogP contribution is -2.38. The van der Waals surface area contributed by atoms with Crippen LogP contribution in [0.4, 0.5) is 0 Å². The summed E-state index contributed by atoms with van der Waals surface area (Å²) in [6, 6.07) is 9.53. The lowest BCUT2D eigenvalue weighted by molar-refractivity contribution is -0.139. The highest BCUT2D eigenvalue weighted by molar-refractivity contribution is 5.79. The first kappa shape index (κ1) is 12.9. The predicted molar refractivity (Wildman–Crippen MR) is 74.5 cm³/mol. The average Bonchev–Trinajstić information content (AvgIpc) is 2.90. The van der Waals surface area contributed by atoms with Gasteiger partial charge in [-0.25, -0.2) is 0 Å². The van der Waals surface area contributed by atoms with Crippen molar-refractivity contribution < 1.29 is 9.21 Å². The van der Waals surface area contributed by atoms with Crippen molar-refractivity contribution in [1.82, 2.24) is 9.88 Å². The van der Waals surface area contributed by atoms with Crippen LogP contribution < -0.4 is 0 Å². The Hall–Kier alpha value is -2.10. The summed E-state index contributed by atoms with van der Waals surface area (Å²) in [6.07, 6.45) is 6.58. The fourth-order valence-electron chi connectivity index (χ4n) is 2.40. The zero-order valence-corrected chi connectivity index (χ0v) is 11.4. The Morgan fingerprint density at radius 2 is 2.15 bits per heavy atom.